The second-order valence-corrected chi connectivity index (χ2v) is 7.92. The Labute approximate surface area is 108 Å². The smallest absolute Gasteiger partial charge is 0.0337 e. The lowest BCUT2D eigenvalue weighted by atomic mass is 9.81. The van der Waals surface area contributed by atoms with Crippen LogP contribution in [0.15, 0.2) is 0 Å². The fraction of sp³-hybridized carbons (Fsp3) is 1.00. The Morgan fingerprint density at radius 2 is 1.76 bits per heavy atom. The van der Waals surface area contributed by atoms with Gasteiger partial charge in [-0.05, 0) is 44.1 Å². The molecule has 102 valence electrons. The summed E-state index contributed by atoms with van der Waals surface area (Å²) in [4.78, 5) is 2.56. The maximum absolute atomic E-state index is 6.13. The topological polar surface area (TPSA) is 29.3 Å². The number of hydrogen-bond donors (Lipinski definition) is 1. The lowest BCUT2D eigenvalue weighted by Crippen LogP contribution is -2.57. The molecular weight excluding hydrogens is 208 g/mol. The van der Waals surface area contributed by atoms with Gasteiger partial charge in [-0.2, -0.15) is 0 Å². The van der Waals surface area contributed by atoms with E-state index in [1.165, 1.54) is 19.3 Å². The van der Waals surface area contributed by atoms with Crippen LogP contribution in [0.3, 0.4) is 0 Å². The molecule has 1 aliphatic rings. The molecule has 2 unspecified atom stereocenters. The normalized spacial score (nSPS) is 30.9. The molecule has 1 aliphatic carbocycles. The Morgan fingerprint density at radius 1 is 1.24 bits per heavy atom. The van der Waals surface area contributed by atoms with Crippen molar-refractivity contribution in [3.05, 3.63) is 0 Å². The standard InChI is InChI=1S/C15H32N2/c1-12(13(2,3)4)17(7)15(11-16)9-8-14(5,6)10-15/h12H,8-11,16H2,1-7H3. The summed E-state index contributed by atoms with van der Waals surface area (Å²) in [6, 6.07) is 0.556. The van der Waals surface area contributed by atoms with Gasteiger partial charge >= 0.3 is 0 Å². The molecule has 17 heavy (non-hydrogen) atoms. The minimum atomic E-state index is 0.218. The fourth-order valence-electron chi connectivity index (χ4n) is 3.25. The Balaban J connectivity index is 2.89. The molecule has 0 heterocycles. The maximum Gasteiger partial charge on any atom is 0.0337 e. The van der Waals surface area contributed by atoms with Crippen molar-refractivity contribution >= 4 is 0 Å². The van der Waals surface area contributed by atoms with E-state index in [0.29, 0.717) is 16.9 Å². The third kappa shape index (κ3) is 3.03. The third-order valence-corrected chi connectivity index (χ3v) is 5.04. The van der Waals surface area contributed by atoms with E-state index < -0.39 is 0 Å². The summed E-state index contributed by atoms with van der Waals surface area (Å²) in [5.41, 5.74) is 7.11. The summed E-state index contributed by atoms with van der Waals surface area (Å²) in [6.07, 6.45) is 3.77. The third-order valence-electron chi connectivity index (χ3n) is 5.04. The summed E-state index contributed by atoms with van der Waals surface area (Å²) in [7, 11) is 2.27. The molecule has 2 atom stereocenters. The fourth-order valence-corrected chi connectivity index (χ4v) is 3.25. The predicted octanol–water partition coefficient (Wildman–Crippen LogP) is 3.26. The Bertz CT molecular complexity index is 265. The Morgan fingerprint density at radius 3 is 2.06 bits per heavy atom. The molecule has 0 radical (unpaired) electrons. The van der Waals surface area contributed by atoms with Gasteiger partial charge in [-0.3, -0.25) is 4.90 Å². The van der Waals surface area contributed by atoms with E-state index in [9.17, 15) is 0 Å². The van der Waals surface area contributed by atoms with Gasteiger partial charge in [-0.15, -0.1) is 0 Å². The second kappa shape index (κ2) is 4.55. The molecule has 0 aromatic rings. The van der Waals surface area contributed by atoms with Crippen LogP contribution in [-0.2, 0) is 0 Å². The van der Waals surface area contributed by atoms with Crippen LogP contribution in [-0.4, -0.2) is 30.1 Å². The molecule has 0 aromatic carbocycles. The molecule has 1 fully saturated rings. The van der Waals surface area contributed by atoms with Crippen molar-refractivity contribution in [1.29, 1.82) is 0 Å². The first-order valence-corrected chi connectivity index (χ1v) is 6.97. The average molecular weight is 240 g/mol. The van der Waals surface area contributed by atoms with Gasteiger partial charge in [0.2, 0.25) is 0 Å². The van der Waals surface area contributed by atoms with Crippen LogP contribution in [0.25, 0.3) is 0 Å². The lowest BCUT2D eigenvalue weighted by Gasteiger charge is -2.47. The molecule has 1 rings (SSSR count). The van der Waals surface area contributed by atoms with Crippen LogP contribution in [0.1, 0.15) is 60.8 Å². The molecule has 1 saturated carbocycles. The van der Waals surface area contributed by atoms with Crippen molar-refractivity contribution in [2.24, 2.45) is 16.6 Å². The van der Waals surface area contributed by atoms with Crippen molar-refractivity contribution < 1.29 is 0 Å². The number of nitrogens with two attached hydrogens (primary N) is 1. The van der Waals surface area contributed by atoms with Gasteiger partial charge in [0, 0.05) is 18.1 Å². The summed E-state index contributed by atoms with van der Waals surface area (Å²) in [5.74, 6) is 0. The average Bonchev–Trinajstić information content (AvgIpc) is 2.52. The molecule has 0 saturated heterocycles. The quantitative estimate of drug-likeness (QED) is 0.820. The van der Waals surface area contributed by atoms with Gasteiger partial charge < -0.3 is 5.73 Å². The molecular formula is C15H32N2. The molecule has 0 spiro atoms. The van der Waals surface area contributed by atoms with Crippen molar-refractivity contribution in [2.45, 2.75) is 72.4 Å². The molecule has 0 bridgehead atoms. The van der Waals surface area contributed by atoms with E-state index >= 15 is 0 Å². The van der Waals surface area contributed by atoms with E-state index in [-0.39, 0.29) is 5.54 Å². The summed E-state index contributed by atoms with van der Waals surface area (Å²) in [6.45, 7) is 14.8. The van der Waals surface area contributed by atoms with E-state index in [4.69, 9.17) is 5.73 Å². The number of nitrogens with zero attached hydrogens (tertiary/aromatic N) is 1. The van der Waals surface area contributed by atoms with E-state index in [1.807, 2.05) is 0 Å². The number of hydrogen-bond acceptors (Lipinski definition) is 2. The zero-order chi connectivity index (χ0) is 13.5. The minimum Gasteiger partial charge on any atom is -0.329 e. The van der Waals surface area contributed by atoms with Crippen molar-refractivity contribution in [1.82, 2.24) is 4.90 Å². The summed E-state index contributed by atoms with van der Waals surface area (Å²) in [5, 5.41) is 0. The van der Waals surface area contributed by atoms with Crippen LogP contribution in [0.5, 0.6) is 0 Å². The summed E-state index contributed by atoms with van der Waals surface area (Å²) < 4.78 is 0. The van der Waals surface area contributed by atoms with Crippen LogP contribution in [0.4, 0.5) is 0 Å². The molecule has 0 aromatic heterocycles. The first-order chi connectivity index (χ1) is 7.54. The predicted molar refractivity (Wildman–Crippen MR) is 76.1 cm³/mol. The second-order valence-electron chi connectivity index (χ2n) is 7.92. The SMILES string of the molecule is CC(N(C)C1(CN)CCC(C)(C)C1)C(C)(C)C. The van der Waals surface area contributed by atoms with Gasteiger partial charge in [0.15, 0.2) is 0 Å². The number of likely N-dealkylation sites (N-methyl/N-ethyl adjacent to an activating group) is 1. The Hall–Kier alpha value is -0.0800. The van der Waals surface area contributed by atoms with Gasteiger partial charge in [-0.1, -0.05) is 34.6 Å². The van der Waals surface area contributed by atoms with Crippen LogP contribution in [0.2, 0.25) is 0 Å². The first-order valence-electron chi connectivity index (χ1n) is 6.97. The van der Waals surface area contributed by atoms with E-state index in [2.05, 4.69) is 53.5 Å². The van der Waals surface area contributed by atoms with Crippen molar-refractivity contribution in [3.8, 4) is 0 Å². The van der Waals surface area contributed by atoms with Gasteiger partial charge in [0.25, 0.3) is 0 Å². The van der Waals surface area contributed by atoms with Crippen molar-refractivity contribution in [2.75, 3.05) is 13.6 Å². The highest BCUT2D eigenvalue weighted by molar-refractivity contribution is 5.03. The lowest BCUT2D eigenvalue weighted by molar-refractivity contribution is 0.0291. The van der Waals surface area contributed by atoms with Crippen LogP contribution in [0, 0.1) is 10.8 Å². The molecule has 0 amide bonds. The summed E-state index contributed by atoms with van der Waals surface area (Å²) >= 11 is 0. The monoisotopic (exact) mass is 240 g/mol. The van der Waals surface area contributed by atoms with E-state index in [1.54, 1.807) is 0 Å². The maximum atomic E-state index is 6.13. The largest absolute Gasteiger partial charge is 0.329 e. The highest BCUT2D eigenvalue weighted by atomic mass is 15.2. The highest BCUT2D eigenvalue weighted by Gasteiger charge is 2.47. The van der Waals surface area contributed by atoms with Crippen LogP contribution < -0.4 is 5.73 Å². The molecule has 2 N–H and O–H groups in total. The highest BCUT2D eigenvalue weighted by Crippen LogP contribution is 2.47. The minimum absolute atomic E-state index is 0.218. The van der Waals surface area contributed by atoms with E-state index in [0.717, 1.165) is 6.54 Å². The molecule has 0 aliphatic heterocycles. The van der Waals surface area contributed by atoms with Gasteiger partial charge in [0.1, 0.15) is 0 Å². The van der Waals surface area contributed by atoms with Gasteiger partial charge in [0.05, 0.1) is 0 Å². The molecule has 2 heteroatoms. The molecule has 2 nitrogen and oxygen atoms in total. The van der Waals surface area contributed by atoms with Crippen molar-refractivity contribution in [3.63, 3.8) is 0 Å². The first kappa shape index (κ1) is 15.0. The van der Waals surface area contributed by atoms with Gasteiger partial charge in [-0.25, -0.2) is 0 Å². The zero-order valence-electron chi connectivity index (χ0n) is 12.9. The Kier molecular flexibility index (Phi) is 4.01. The number of rotatable bonds is 3. The zero-order valence-corrected chi connectivity index (χ0v) is 12.9. The van der Waals surface area contributed by atoms with Crippen LogP contribution >= 0.6 is 0 Å².